The Morgan fingerprint density at radius 3 is 2.79 bits per heavy atom. The molecule has 7 nitrogen and oxygen atoms in total. The highest BCUT2D eigenvalue weighted by Crippen LogP contribution is 2.21. The molecule has 1 fully saturated rings. The number of piperazine rings is 1. The van der Waals surface area contributed by atoms with Crippen molar-refractivity contribution in [2.45, 2.75) is 6.42 Å². The zero-order chi connectivity index (χ0) is 16.9. The standard InChI is InChI=1S/C15H16ClN5O2S/c16-11-1-2-13(17-8-11)19-15-18-12(9-24-15)7-14(23)21-5-3-20(10-22)4-6-21/h1-2,8-10H,3-7H2,(H,17,18,19). The molecule has 9 heteroatoms. The van der Waals surface area contributed by atoms with Crippen molar-refractivity contribution < 1.29 is 9.59 Å². The van der Waals surface area contributed by atoms with Crippen LogP contribution in [0.5, 0.6) is 0 Å². The van der Waals surface area contributed by atoms with Gasteiger partial charge in [0.2, 0.25) is 12.3 Å². The minimum absolute atomic E-state index is 0.0296. The molecule has 0 atom stereocenters. The van der Waals surface area contributed by atoms with Crippen LogP contribution in [-0.2, 0) is 16.0 Å². The first-order valence-electron chi connectivity index (χ1n) is 7.44. The molecule has 1 aliphatic heterocycles. The van der Waals surface area contributed by atoms with Gasteiger partial charge in [-0.05, 0) is 12.1 Å². The molecule has 0 aliphatic carbocycles. The van der Waals surface area contributed by atoms with Gasteiger partial charge in [0.1, 0.15) is 5.82 Å². The number of thiazole rings is 1. The average molecular weight is 366 g/mol. The van der Waals surface area contributed by atoms with Gasteiger partial charge in [-0.2, -0.15) is 0 Å². The Bertz CT molecular complexity index is 713. The summed E-state index contributed by atoms with van der Waals surface area (Å²) in [4.78, 5) is 35.0. The van der Waals surface area contributed by atoms with Crippen LogP contribution in [0, 0.1) is 0 Å². The summed E-state index contributed by atoms with van der Waals surface area (Å²) < 4.78 is 0. The van der Waals surface area contributed by atoms with Gasteiger partial charge >= 0.3 is 0 Å². The monoisotopic (exact) mass is 365 g/mol. The number of rotatable bonds is 5. The van der Waals surface area contributed by atoms with E-state index in [-0.39, 0.29) is 12.3 Å². The lowest BCUT2D eigenvalue weighted by Crippen LogP contribution is -2.48. The lowest BCUT2D eigenvalue weighted by Gasteiger charge is -2.32. The van der Waals surface area contributed by atoms with Gasteiger partial charge in [-0.15, -0.1) is 11.3 Å². The third kappa shape index (κ3) is 4.21. The number of anilines is 2. The number of hydrogen-bond donors (Lipinski definition) is 1. The molecule has 1 saturated heterocycles. The molecular formula is C15H16ClN5O2S. The van der Waals surface area contributed by atoms with Crippen LogP contribution in [0.2, 0.25) is 5.02 Å². The number of aromatic nitrogens is 2. The van der Waals surface area contributed by atoms with Crippen molar-refractivity contribution in [2.75, 3.05) is 31.5 Å². The van der Waals surface area contributed by atoms with Crippen molar-refractivity contribution in [2.24, 2.45) is 0 Å². The van der Waals surface area contributed by atoms with Gasteiger partial charge < -0.3 is 15.1 Å². The number of hydrogen-bond acceptors (Lipinski definition) is 6. The van der Waals surface area contributed by atoms with E-state index in [1.54, 1.807) is 28.1 Å². The zero-order valence-corrected chi connectivity index (χ0v) is 14.4. The van der Waals surface area contributed by atoms with E-state index in [0.717, 1.165) is 12.1 Å². The van der Waals surface area contributed by atoms with Crippen LogP contribution < -0.4 is 5.32 Å². The smallest absolute Gasteiger partial charge is 0.228 e. The van der Waals surface area contributed by atoms with Crippen LogP contribution in [0.15, 0.2) is 23.7 Å². The van der Waals surface area contributed by atoms with Crippen LogP contribution in [0.3, 0.4) is 0 Å². The van der Waals surface area contributed by atoms with E-state index in [4.69, 9.17) is 11.6 Å². The molecule has 2 aromatic rings. The molecular weight excluding hydrogens is 350 g/mol. The Morgan fingerprint density at radius 2 is 2.12 bits per heavy atom. The summed E-state index contributed by atoms with van der Waals surface area (Å²) in [6.07, 6.45) is 2.64. The molecule has 0 unspecified atom stereocenters. The first kappa shape index (κ1) is 16.7. The third-order valence-electron chi connectivity index (χ3n) is 3.66. The normalized spacial score (nSPS) is 14.5. The summed E-state index contributed by atoms with van der Waals surface area (Å²) >= 11 is 7.22. The molecule has 0 bridgehead atoms. The molecule has 3 rings (SSSR count). The van der Waals surface area contributed by atoms with Crippen LogP contribution in [0.4, 0.5) is 10.9 Å². The number of nitrogens with zero attached hydrogens (tertiary/aromatic N) is 4. The highest BCUT2D eigenvalue weighted by Gasteiger charge is 2.21. The van der Waals surface area contributed by atoms with Gasteiger partial charge in [0.05, 0.1) is 17.1 Å². The Balaban J connectivity index is 1.55. The maximum Gasteiger partial charge on any atom is 0.228 e. The first-order valence-corrected chi connectivity index (χ1v) is 8.70. The van der Waals surface area contributed by atoms with E-state index in [2.05, 4.69) is 15.3 Å². The summed E-state index contributed by atoms with van der Waals surface area (Å²) in [5.74, 6) is 0.679. The van der Waals surface area contributed by atoms with Crippen LogP contribution in [0.25, 0.3) is 0 Å². The lowest BCUT2D eigenvalue weighted by atomic mass is 10.2. The molecule has 2 aromatic heterocycles. The predicted octanol–water partition coefficient (Wildman–Crippen LogP) is 1.78. The molecule has 0 saturated carbocycles. The van der Waals surface area contributed by atoms with E-state index in [1.165, 1.54) is 11.3 Å². The van der Waals surface area contributed by atoms with E-state index in [0.29, 0.717) is 42.2 Å². The number of carbonyl (C=O) groups excluding carboxylic acids is 2. The number of pyridine rings is 1. The summed E-state index contributed by atoms with van der Waals surface area (Å²) in [6, 6.07) is 3.51. The van der Waals surface area contributed by atoms with Crippen molar-refractivity contribution in [3.05, 3.63) is 34.4 Å². The highest BCUT2D eigenvalue weighted by atomic mass is 35.5. The van der Waals surface area contributed by atoms with Crippen LogP contribution in [0.1, 0.15) is 5.69 Å². The SMILES string of the molecule is O=CN1CCN(C(=O)Cc2csc(Nc3ccc(Cl)cn3)n2)CC1. The van der Waals surface area contributed by atoms with Gasteiger partial charge in [-0.3, -0.25) is 9.59 Å². The van der Waals surface area contributed by atoms with Gasteiger partial charge in [-0.25, -0.2) is 9.97 Å². The summed E-state index contributed by atoms with van der Waals surface area (Å²) in [6.45, 7) is 2.31. The average Bonchev–Trinajstić information content (AvgIpc) is 3.04. The lowest BCUT2D eigenvalue weighted by molar-refractivity contribution is -0.134. The molecule has 2 amide bonds. The number of nitrogens with one attached hydrogen (secondary N) is 1. The summed E-state index contributed by atoms with van der Waals surface area (Å²) in [7, 11) is 0. The minimum atomic E-state index is 0.0296. The Labute approximate surface area is 148 Å². The predicted molar refractivity (Wildman–Crippen MR) is 92.6 cm³/mol. The largest absolute Gasteiger partial charge is 0.342 e. The van der Waals surface area contributed by atoms with E-state index in [9.17, 15) is 9.59 Å². The molecule has 0 spiro atoms. The third-order valence-corrected chi connectivity index (χ3v) is 4.69. The Morgan fingerprint density at radius 1 is 1.33 bits per heavy atom. The van der Waals surface area contributed by atoms with Gasteiger partial charge in [0, 0.05) is 37.8 Å². The van der Waals surface area contributed by atoms with Crippen molar-refractivity contribution in [1.82, 2.24) is 19.8 Å². The van der Waals surface area contributed by atoms with E-state index in [1.807, 2.05) is 5.38 Å². The topological polar surface area (TPSA) is 78.4 Å². The second-order valence-electron chi connectivity index (χ2n) is 5.33. The van der Waals surface area contributed by atoms with Gasteiger partial charge in [0.25, 0.3) is 0 Å². The van der Waals surface area contributed by atoms with E-state index >= 15 is 0 Å². The fourth-order valence-corrected chi connectivity index (χ4v) is 3.18. The Kier molecular flexibility index (Phi) is 5.27. The van der Waals surface area contributed by atoms with Crippen LogP contribution >= 0.6 is 22.9 Å². The number of carbonyl (C=O) groups is 2. The van der Waals surface area contributed by atoms with Crippen molar-refractivity contribution in [1.29, 1.82) is 0 Å². The zero-order valence-electron chi connectivity index (χ0n) is 12.8. The van der Waals surface area contributed by atoms with E-state index < -0.39 is 0 Å². The molecule has 126 valence electrons. The van der Waals surface area contributed by atoms with Crippen molar-refractivity contribution in [3.8, 4) is 0 Å². The quantitative estimate of drug-likeness (QED) is 0.817. The summed E-state index contributed by atoms with van der Waals surface area (Å²) in [5.41, 5.74) is 0.722. The maximum atomic E-state index is 12.3. The molecule has 0 radical (unpaired) electrons. The minimum Gasteiger partial charge on any atom is -0.342 e. The molecule has 3 heterocycles. The second-order valence-corrected chi connectivity index (χ2v) is 6.62. The van der Waals surface area contributed by atoms with Gasteiger partial charge in [0.15, 0.2) is 5.13 Å². The summed E-state index contributed by atoms with van der Waals surface area (Å²) in [5, 5.41) is 6.19. The Hall–Kier alpha value is -2.19. The number of amides is 2. The fourth-order valence-electron chi connectivity index (χ4n) is 2.35. The fraction of sp³-hybridized carbons (Fsp3) is 0.333. The highest BCUT2D eigenvalue weighted by molar-refractivity contribution is 7.13. The maximum absolute atomic E-state index is 12.3. The second kappa shape index (κ2) is 7.59. The van der Waals surface area contributed by atoms with Crippen molar-refractivity contribution in [3.63, 3.8) is 0 Å². The molecule has 1 aliphatic rings. The number of halogens is 1. The first-order chi connectivity index (χ1) is 11.6. The molecule has 24 heavy (non-hydrogen) atoms. The van der Waals surface area contributed by atoms with Crippen molar-refractivity contribution >= 4 is 46.2 Å². The van der Waals surface area contributed by atoms with Crippen LogP contribution in [-0.4, -0.2) is 58.3 Å². The van der Waals surface area contributed by atoms with Gasteiger partial charge in [-0.1, -0.05) is 11.6 Å². The molecule has 0 aromatic carbocycles. The molecule has 1 N–H and O–H groups in total.